The summed E-state index contributed by atoms with van der Waals surface area (Å²) in [6, 6.07) is 15.6. The van der Waals surface area contributed by atoms with Crippen LogP contribution in [0.3, 0.4) is 0 Å². The normalized spacial score (nSPS) is 11.4. The lowest BCUT2D eigenvalue weighted by Gasteiger charge is -2.15. The van der Waals surface area contributed by atoms with E-state index >= 15 is 0 Å². The Hall–Kier alpha value is -3.98. The van der Waals surface area contributed by atoms with Crippen LogP contribution in [0.25, 0.3) is 11.1 Å². The molecule has 0 aliphatic carbocycles. The van der Waals surface area contributed by atoms with Gasteiger partial charge in [-0.15, -0.1) is 0 Å². The molecule has 0 radical (unpaired) electrons. The zero-order chi connectivity index (χ0) is 25.3. The summed E-state index contributed by atoms with van der Waals surface area (Å²) in [6.07, 6.45) is 1.49. The SMILES string of the molecule is Cc1ccc(S(=O)(=O)c2c(C)cc(C)n(CC(=O)Nc3oncc3-c3ccccc3)c2=O)cc1C. The van der Waals surface area contributed by atoms with Crippen molar-refractivity contribution in [3.63, 3.8) is 0 Å². The highest BCUT2D eigenvalue weighted by Gasteiger charge is 2.27. The molecule has 0 saturated carbocycles. The number of hydrogen-bond donors (Lipinski definition) is 1. The molecule has 0 aliphatic rings. The van der Waals surface area contributed by atoms with E-state index in [1.807, 2.05) is 44.2 Å². The van der Waals surface area contributed by atoms with Crippen molar-refractivity contribution < 1.29 is 17.7 Å². The molecular weight excluding hydrogens is 466 g/mol. The molecule has 0 unspecified atom stereocenters. The van der Waals surface area contributed by atoms with E-state index in [1.54, 1.807) is 32.0 Å². The standard InChI is InChI=1S/C26H25N3O5S/c1-16-10-11-21(13-17(16)2)35(32,33)24-18(3)12-19(4)29(26(24)31)15-23(30)28-25-22(14-27-34-25)20-8-6-5-7-9-20/h5-14H,15H2,1-4H3,(H,28,30). The summed E-state index contributed by atoms with van der Waals surface area (Å²) >= 11 is 0. The first-order valence-corrected chi connectivity index (χ1v) is 12.4. The van der Waals surface area contributed by atoms with E-state index in [0.29, 0.717) is 16.8 Å². The summed E-state index contributed by atoms with van der Waals surface area (Å²) in [7, 11) is -4.10. The van der Waals surface area contributed by atoms with Crippen molar-refractivity contribution in [1.29, 1.82) is 0 Å². The molecule has 4 aromatic rings. The largest absolute Gasteiger partial charge is 0.338 e. The molecule has 0 atom stereocenters. The van der Waals surface area contributed by atoms with E-state index in [9.17, 15) is 18.0 Å². The van der Waals surface area contributed by atoms with Gasteiger partial charge in [-0.2, -0.15) is 0 Å². The van der Waals surface area contributed by atoms with E-state index in [4.69, 9.17) is 4.52 Å². The highest BCUT2D eigenvalue weighted by atomic mass is 32.2. The van der Waals surface area contributed by atoms with Crippen molar-refractivity contribution >= 4 is 21.6 Å². The number of nitrogens with zero attached hydrogens (tertiary/aromatic N) is 2. The van der Waals surface area contributed by atoms with Gasteiger partial charge in [0, 0.05) is 5.69 Å². The second-order valence-corrected chi connectivity index (χ2v) is 10.3. The van der Waals surface area contributed by atoms with Gasteiger partial charge in [-0.3, -0.25) is 14.9 Å². The first-order chi connectivity index (χ1) is 16.6. The van der Waals surface area contributed by atoms with Crippen molar-refractivity contribution in [2.75, 3.05) is 5.32 Å². The summed E-state index contributed by atoms with van der Waals surface area (Å²) in [5.74, 6) is -0.412. The molecule has 9 heteroatoms. The van der Waals surface area contributed by atoms with Crippen LogP contribution in [0.4, 0.5) is 5.88 Å². The number of anilines is 1. The maximum Gasteiger partial charge on any atom is 0.270 e. The van der Waals surface area contributed by atoms with Crippen molar-refractivity contribution in [3.8, 4) is 11.1 Å². The molecular formula is C26H25N3O5S. The summed E-state index contributed by atoms with van der Waals surface area (Å²) in [5, 5.41) is 6.39. The van der Waals surface area contributed by atoms with Gasteiger partial charge in [0.2, 0.25) is 21.6 Å². The summed E-state index contributed by atoms with van der Waals surface area (Å²) in [4.78, 5) is 25.9. The van der Waals surface area contributed by atoms with E-state index < -0.39 is 27.8 Å². The lowest BCUT2D eigenvalue weighted by Crippen LogP contribution is -2.33. The molecule has 4 rings (SSSR count). The smallest absolute Gasteiger partial charge is 0.270 e. The van der Waals surface area contributed by atoms with Crippen molar-refractivity contribution in [1.82, 2.24) is 9.72 Å². The Bertz CT molecular complexity index is 1590. The van der Waals surface area contributed by atoms with Gasteiger partial charge >= 0.3 is 0 Å². The number of aryl methyl sites for hydroxylation is 4. The molecule has 0 saturated heterocycles. The van der Waals surface area contributed by atoms with Crippen LogP contribution in [-0.2, 0) is 21.2 Å². The molecule has 0 fully saturated rings. The Morgan fingerprint density at radius 2 is 1.69 bits per heavy atom. The zero-order valence-electron chi connectivity index (χ0n) is 19.8. The molecule has 0 bridgehead atoms. The van der Waals surface area contributed by atoms with Gasteiger partial charge in [0.05, 0.1) is 16.7 Å². The van der Waals surface area contributed by atoms with Crippen LogP contribution in [0.2, 0.25) is 0 Å². The number of rotatable bonds is 6. The van der Waals surface area contributed by atoms with Crippen LogP contribution in [-0.4, -0.2) is 24.0 Å². The van der Waals surface area contributed by atoms with E-state index in [0.717, 1.165) is 21.3 Å². The lowest BCUT2D eigenvalue weighted by molar-refractivity contribution is -0.117. The third-order valence-electron chi connectivity index (χ3n) is 5.92. The van der Waals surface area contributed by atoms with Crippen molar-refractivity contribution in [2.45, 2.75) is 44.0 Å². The highest BCUT2D eigenvalue weighted by Crippen LogP contribution is 2.28. The van der Waals surface area contributed by atoms with E-state index in [-0.39, 0.29) is 15.7 Å². The molecule has 0 aliphatic heterocycles. The third kappa shape index (κ3) is 4.67. The van der Waals surface area contributed by atoms with Crippen LogP contribution in [0.15, 0.2) is 79.9 Å². The number of carbonyl (C=O) groups excluding carboxylic acids is 1. The topological polar surface area (TPSA) is 111 Å². The zero-order valence-corrected chi connectivity index (χ0v) is 20.6. The third-order valence-corrected chi connectivity index (χ3v) is 7.82. The minimum absolute atomic E-state index is 0.0369. The maximum absolute atomic E-state index is 13.4. The number of nitrogens with one attached hydrogen (secondary N) is 1. The number of sulfone groups is 1. The second-order valence-electron chi connectivity index (χ2n) is 8.42. The van der Waals surface area contributed by atoms with Crippen LogP contribution < -0.4 is 10.9 Å². The van der Waals surface area contributed by atoms with Crippen LogP contribution >= 0.6 is 0 Å². The minimum atomic E-state index is -4.10. The number of hydrogen-bond acceptors (Lipinski definition) is 6. The maximum atomic E-state index is 13.4. The average molecular weight is 492 g/mol. The molecule has 180 valence electrons. The van der Waals surface area contributed by atoms with Crippen LogP contribution in [0, 0.1) is 27.7 Å². The number of aromatic nitrogens is 2. The van der Waals surface area contributed by atoms with Gasteiger partial charge in [0.1, 0.15) is 11.4 Å². The number of amides is 1. The number of pyridine rings is 1. The molecule has 2 aromatic carbocycles. The van der Waals surface area contributed by atoms with Crippen LogP contribution in [0.1, 0.15) is 22.4 Å². The quantitative estimate of drug-likeness (QED) is 0.433. The van der Waals surface area contributed by atoms with Crippen molar-refractivity contribution in [3.05, 3.63) is 93.5 Å². The fourth-order valence-electron chi connectivity index (χ4n) is 3.89. The molecule has 1 amide bonds. The summed E-state index contributed by atoms with van der Waals surface area (Å²) < 4.78 is 33.2. The molecule has 2 aromatic heterocycles. The van der Waals surface area contributed by atoms with Gasteiger partial charge in [-0.05, 0) is 68.1 Å². The summed E-state index contributed by atoms with van der Waals surface area (Å²) in [6.45, 7) is 6.53. The predicted octanol–water partition coefficient (Wildman–Crippen LogP) is 4.21. The predicted molar refractivity (Wildman–Crippen MR) is 132 cm³/mol. The first-order valence-electron chi connectivity index (χ1n) is 10.9. The second kappa shape index (κ2) is 9.34. The molecule has 1 N–H and O–H groups in total. The Balaban J connectivity index is 1.68. The van der Waals surface area contributed by atoms with Gasteiger partial charge in [0.25, 0.3) is 5.56 Å². The molecule has 2 heterocycles. The minimum Gasteiger partial charge on any atom is -0.338 e. The van der Waals surface area contributed by atoms with E-state index in [1.165, 1.54) is 12.3 Å². The fraction of sp³-hybridized carbons (Fsp3) is 0.192. The van der Waals surface area contributed by atoms with Gasteiger partial charge < -0.3 is 9.09 Å². The Labute approximate surface area is 203 Å². The van der Waals surface area contributed by atoms with Gasteiger partial charge in [0.15, 0.2) is 0 Å². The highest BCUT2D eigenvalue weighted by molar-refractivity contribution is 7.91. The van der Waals surface area contributed by atoms with Crippen molar-refractivity contribution in [2.24, 2.45) is 0 Å². The fourth-order valence-corrected chi connectivity index (χ4v) is 5.53. The average Bonchev–Trinajstić information content (AvgIpc) is 3.26. The number of benzene rings is 2. The van der Waals surface area contributed by atoms with Crippen LogP contribution in [0.5, 0.6) is 0 Å². The first kappa shape index (κ1) is 24.2. The molecule has 0 spiro atoms. The molecule has 35 heavy (non-hydrogen) atoms. The lowest BCUT2D eigenvalue weighted by atomic mass is 10.1. The van der Waals surface area contributed by atoms with Gasteiger partial charge in [-0.25, -0.2) is 8.42 Å². The summed E-state index contributed by atoms with van der Waals surface area (Å²) in [5.41, 5.74) is 3.17. The Morgan fingerprint density at radius 3 is 2.37 bits per heavy atom. The van der Waals surface area contributed by atoms with E-state index in [2.05, 4.69) is 10.5 Å². The molecule has 8 nitrogen and oxygen atoms in total. The number of carbonyl (C=O) groups is 1. The Kier molecular flexibility index (Phi) is 6.45. The Morgan fingerprint density at radius 1 is 0.971 bits per heavy atom. The van der Waals surface area contributed by atoms with Gasteiger partial charge in [-0.1, -0.05) is 41.6 Å². The monoisotopic (exact) mass is 491 g/mol.